The van der Waals surface area contributed by atoms with Crippen molar-refractivity contribution in [2.24, 2.45) is 5.92 Å². The molecule has 5 aromatic carbocycles. The van der Waals surface area contributed by atoms with Gasteiger partial charge in [-0.2, -0.15) is 0 Å². The SMILES string of the molecule is CCC(C)C(=O)Oc1ccc(N(c2ccc(N(c3ccccc3)c3cccc(C)c3)cc2)c2cccc(C)c2)cc1. The molecule has 0 spiro atoms. The van der Waals surface area contributed by atoms with Gasteiger partial charge in [-0.25, -0.2) is 0 Å². The van der Waals surface area contributed by atoms with Crippen molar-refractivity contribution >= 4 is 40.1 Å². The van der Waals surface area contributed by atoms with Crippen LogP contribution < -0.4 is 14.5 Å². The summed E-state index contributed by atoms with van der Waals surface area (Å²) in [4.78, 5) is 16.8. The van der Waals surface area contributed by atoms with Gasteiger partial charge in [0.2, 0.25) is 0 Å². The van der Waals surface area contributed by atoms with Gasteiger partial charge in [-0.3, -0.25) is 4.79 Å². The van der Waals surface area contributed by atoms with Crippen LogP contribution in [0.5, 0.6) is 5.75 Å². The lowest BCUT2D eigenvalue weighted by atomic mass is 10.1. The first kappa shape index (κ1) is 27.7. The van der Waals surface area contributed by atoms with Crippen LogP contribution in [0.2, 0.25) is 0 Å². The predicted octanol–water partition coefficient (Wildman–Crippen LogP) is 10.2. The number of para-hydroxylation sites is 1. The van der Waals surface area contributed by atoms with Crippen molar-refractivity contribution in [3.8, 4) is 5.75 Å². The zero-order valence-corrected chi connectivity index (χ0v) is 24.1. The normalized spacial score (nSPS) is 11.5. The molecule has 4 nitrogen and oxygen atoms in total. The van der Waals surface area contributed by atoms with Crippen molar-refractivity contribution in [3.05, 3.63) is 139 Å². The van der Waals surface area contributed by atoms with E-state index in [1.54, 1.807) is 0 Å². The van der Waals surface area contributed by atoms with Crippen LogP contribution in [0.25, 0.3) is 0 Å². The van der Waals surface area contributed by atoms with Crippen molar-refractivity contribution in [2.45, 2.75) is 34.1 Å². The van der Waals surface area contributed by atoms with Crippen LogP contribution in [-0.2, 0) is 4.79 Å². The molecule has 0 radical (unpaired) electrons. The van der Waals surface area contributed by atoms with Crippen LogP contribution in [0, 0.1) is 19.8 Å². The predicted molar refractivity (Wildman–Crippen MR) is 170 cm³/mol. The summed E-state index contributed by atoms with van der Waals surface area (Å²) < 4.78 is 5.60. The van der Waals surface area contributed by atoms with Crippen molar-refractivity contribution in [1.82, 2.24) is 0 Å². The molecule has 0 fully saturated rings. The van der Waals surface area contributed by atoms with E-state index in [1.165, 1.54) is 11.1 Å². The molecule has 4 heteroatoms. The van der Waals surface area contributed by atoms with Crippen molar-refractivity contribution in [3.63, 3.8) is 0 Å². The lowest BCUT2D eigenvalue weighted by molar-refractivity contribution is -0.138. The fourth-order valence-electron chi connectivity index (χ4n) is 4.80. The summed E-state index contributed by atoms with van der Waals surface area (Å²) in [5.41, 5.74) is 8.74. The summed E-state index contributed by atoms with van der Waals surface area (Å²) >= 11 is 0. The molecule has 0 amide bonds. The zero-order valence-electron chi connectivity index (χ0n) is 24.1. The third kappa shape index (κ3) is 6.50. The molecule has 0 aromatic heterocycles. The van der Waals surface area contributed by atoms with E-state index >= 15 is 0 Å². The number of nitrogens with zero attached hydrogens (tertiary/aromatic N) is 2. The van der Waals surface area contributed by atoms with Crippen molar-refractivity contribution in [1.29, 1.82) is 0 Å². The van der Waals surface area contributed by atoms with Crippen molar-refractivity contribution in [2.75, 3.05) is 9.80 Å². The number of carbonyl (C=O) groups excluding carboxylic acids is 1. The Morgan fingerprint density at radius 1 is 0.585 bits per heavy atom. The van der Waals surface area contributed by atoms with Gasteiger partial charge in [0.25, 0.3) is 0 Å². The third-order valence-electron chi connectivity index (χ3n) is 7.23. The highest BCUT2D eigenvalue weighted by Gasteiger charge is 2.17. The summed E-state index contributed by atoms with van der Waals surface area (Å²) in [6.07, 6.45) is 0.750. The number of hydrogen-bond acceptors (Lipinski definition) is 4. The second kappa shape index (κ2) is 12.6. The quantitative estimate of drug-likeness (QED) is 0.138. The number of ether oxygens (including phenoxy) is 1. The minimum absolute atomic E-state index is 0.132. The average molecular weight is 541 g/mol. The molecule has 1 atom stereocenters. The highest BCUT2D eigenvalue weighted by atomic mass is 16.5. The molecule has 0 N–H and O–H groups in total. The maximum Gasteiger partial charge on any atom is 0.314 e. The molecule has 0 aliphatic rings. The van der Waals surface area contributed by atoms with Gasteiger partial charge >= 0.3 is 5.97 Å². The largest absolute Gasteiger partial charge is 0.426 e. The molecule has 206 valence electrons. The maximum atomic E-state index is 12.3. The Labute approximate surface area is 243 Å². The smallest absolute Gasteiger partial charge is 0.314 e. The molecule has 1 unspecified atom stereocenters. The molecular formula is C37H36N2O2. The molecule has 5 aromatic rings. The van der Waals surface area contributed by atoms with Crippen LogP contribution in [0.4, 0.5) is 34.1 Å². The Bertz CT molecular complexity index is 1590. The van der Waals surface area contributed by atoms with E-state index < -0.39 is 0 Å². The monoisotopic (exact) mass is 540 g/mol. The number of esters is 1. The van der Waals surface area contributed by atoms with Gasteiger partial charge < -0.3 is 14.5 Å². The van der Waals surface area contributed by atoms with E-state index in [0.29, 0.717) is 5.75 Å². The molecular weight excluding hydrogens is 504 g/mol. The topological polar surface area (TPSA) is 32.8 Å². The standard InChI is InChI=1S/C37H36N2O2/c1-5-29(4)37(40)41-36-23-21-33(22-24-36)39(35-16-10-12-28(3)26-35)32-19-17-31(18-20-32)38(30-13-7-6-8-14-30)34-15-9-11-27(2)25-34/h6-26,29H,5H2,1-4H3. The van der Waals surface area contributed by atoms with Gasteiger partial charge in [0.1, 0.15) is 5.75 Å². The lowest BCUT2D eigenvalue weighted by Crippen LogP contribution is -2.17. The molecule has 0 bridgehead atoms. The number of carbonyl (C=O) groups is 1. The highest BCUT2D eigenvalue weighted by Crippen LogP contribution is 2.39. The Balaban J connectivity index is 1.52. The molecule has 0 aliphatic carbocycles. The van der Waals surface area contributed by atoms with Crippen LogP contribution in [0.15, 0.2) is 127 Å². The zero-order chi connectivity index (χ0) is 28.8. The van der Waals surface area contributed by atoms with E-state index in [2.05, 4.69) is 121 Å². The van der Waals surface area contributed by atoms with E-state index in [1.807, 2.05) is 44.2 Å². The minimum Gasteiger partial charge on any atom is -0.426 e. The van der Waals surface area contributed by atoms with E-state index in [0.717, 1.165) is 40.5 Å². The third-order valence-corrected chi connectivity index (χ3v) is 7.23. The Hall–Kier alpha value is -4.83. The van der Waals surface area contributed by atoms with E-state index in [4.69, 9.17) is 4.74 Å². The van der Waals surface area contributed by atoms with Crippen LogP contribution >= 0.6 is 0 Å². The lowest BCUT2D eigenvalue weighted by Gasteiger charge is -2.28. The number of aryl methyl sites for hydroxylation is 2. The van der Waals surface area contributed by atoms with Crippen LogP contribution in [0.3, 0.4) is 0 Å². The maximum absolute atomic E-state index is 12.3. The van der Waals surface area contributed by atoms with Crippen molar-refractivity contribution < 1.29 is 9.53 Å². The molecule has 0 saturated carbocycles. The van der Waals surface area contributed by atoms with Gasteiger partial charge in [-0.05, 0) is 116 Å². The molecule has 0 aliphatic heterocycles. The molecule has 0 saturated heterocycles. The number of benzene rings is 5. The van der Waals surface area contributed by atoms with Crippen LogP contribution in [0.1, 0.15) is 31.4 Å². The first-order valence-corrected chi connectivity index (χ1v) is 14.1. The summed E-state index contributed by atoms with van der Waals surface area (Å²) in [6, 6.07) is 43.8. The van der Waals surface area contributed by atoms with Gasteiger partial charge in [0, 0.05) is 34.1 Å². The van der Waals surface area contributed by atoms with E-state index in [-0.39, 0.29) is 11.9 Å². The Morgan fingerprint density at radius 3 is 1.44 bits per heavy atom. The molecule has 5 rings (SSSR count). The summed E-state index contributed by atoms with van der Waals surface area (Å²) in [6.45, 7) is 8.09. The Morgan fingerprint density at radius 2 is 1.00 bits per heavy atom. The second-order valence-corrected chi connectivity index (χ2v) is 10.4. The summed E-state index contributed by atoms with van der Waals surface area (Å²) in [5, 5.41) is 0. The second-order valence-electron chi connectivity index (χ2n) is 10.4. The number of hydrogen-bond donors (Lipinski definition) is 0. The number of rotatable bonds is 9. The minimum atomic E-state index is -0.206. The molecule has 0 heterocycles. The highest BCUT2D eigenvalue weighted by molar-refractivity contribution is 5.81. The summed E-state index contributed by atoms with van der Waals surface area (Å²) in [5.74, 6) is 0.213. The van der Waals surface area contributed by atoms with Crippen LogP contribution in [-0.4, -0.2) is 5.97 Å². The first-order chi connectivity index (χ1) is 19.9. The average Bonchev–Trinajstić information content (AvgIpc) is 2.99. The Kier molecular flexibility index (Phi) is 8.50. The number of anilines is 6. The van der Waals surface area contributed by atoms with Gasteiger partial charge in [-0.1, -0.05) is 56.3 Å². The van der Waals surface area contributed by atoms with Gasteiger partial charge in [0.05, 0.1) is 5.92 Å². The fraction of sp³-hybridized carbons (Fsp3) is 0.162. The van der Waals surface area contributed by atoms with Gasteiger partial charge in [-0.15, -0.1) is 0 Å². The molecule has 41 heavy (non-hydrogen) atoms. The fourth-order valence-corrected chi connectivity index (χ4v) is 4.80. The van der Waals surface area contributed by atoms with E-state index in [9.17, 15) is 4.79 Å². The first-order valence-electron chi connectivity index (χ1n) is 14.1. The van der Waals surface area contributed by atoms with Gasteiger partial charge in [0.15, 0.2) is 0 Å². The summed E-state index contributed by atoms with van der Waals surface area (Å²) in [7, 11) is 0.